The molecule has 0 unspecified atom stereocenters. The van der Waals surface area contributed by atoms with E-state index >= 15 is 0 Å². The van der Waals surface area contributed by atoms with Crippen molar-refractivity contribution in [3.63, 3.8) is 0 Å². The number of rotatable bonds is 6. The van der Waals surface area contributed by atoms with Crippen molar-refractivity contribution in [3.05, 3.63) is 82.4 Å². The summed E-state index contributed by atoms with van der Waals surface area (Å²) >= 11 is 1.40. The minimum atomic E-state index is -4.49. The summed E-state index contributed by atoms with van der Waals surface area (Å²) in [5, 5.41) is 2.54. The summed E-state index contributed by atoms with van der Waals surface area (Å²) in [5.41, 5.74) is 7.57. The molecule has 1 amide bonds. The Hall–Kier alpha value is -3.59. The first-order valence-corrected chi connectivity index (χ1v) is 10.8. The van der Waals surface area contributed by atoms with Crippen LogP contribution in [0.4, 0.5) is 13.2 Å². The summed E-state index contributed by atoms with van der Waals surface area (Å²) in [6, 6.07) is 14.4. The number of nitrogens with two attached hydrogens (primary N) is 1. The minimum absolute atomic E-state index is 0.0838. The molecule has 170 valence electrons. The Labute approximate surface area is 192 Å². The number of alkyl halides is 3. The maximum Gasteiger partial charge on any atom is 0.416 e. The second kappa shape index (κ2) is 8.74. The smallest absolute Gasteiger partial charge is 0.416 e. The van der Waals surface area contributed by atoms with Crippen molar-refractivity contribution in [3.8, 4) is 27.7 Å². The molecule has 2 aromatic heterocycles. The molecule has 5 nitrogen and oxygen atoms in total. The summed E-state index contributed by atoms with van der Waals surface area (Å²) in [7, 11) is 1.58. The van der Waals surface area contributed by atoms with Gasteiger partial charge in [-0.15, -0.1) is 11.3 Å². The van der Waals surface area contributed by atoms with Gasteiger partial charge in [0.2, 0.25) is 0 Å². The van der Waals surface area contributed by atoms with Crippen molar-refractivity contribution in [2.24, 2.45) is 5.73 Å². The average Bonchev–Trinajstić information content (AvgIpc) is 3.39. The molecule has 0 aliphatic heterocycles. The van der Waals surface area contributed by atoms with E-state index in [1.165, 1.54) is 23.5 Å². The Morgan fingerprint density at radius 1 is 1.15 bits per heavy atom. The van der Waals surface area contributed by atoms with Gasteiger partial charge in [0, 0.05) is 23.2 Å². The monoisotopic (exact) mass is 471 g/mol. The van der Waals surface area contributed by atoms with E-state index in [0.29, 0.717) is 17.1 Å². The number of halogens is 3. The summed E-state index contributed by atoms with van der Waals surface area (Å²) in [6.07, 6.45) is -4.49. The summed E-state index contributed by atoms with van der Waals surface area (Å²) in [6.45, 7) is 1.58. The van der Waals surface area contributed by atoms with E-state index in [4.69, 9.17) is 10.5 Å². The Morgan fingerprint density at radius 3 is 2.48 bits per heavy atom. The number of nitrogens with zero attached hydrogens (tertiary/aromatic N) is 2. The van der Waals surface area contributed by atoms with Crippen molar-refractivity contribution in [1.29, 1.82) is 0 Å². The molecule has 0 radical (unpaired) electrons. The van der Waals surface area contributed by atoms with Gasteiger partial charge >= 0.3 is 6.18 Å². The van der Waals surface area contributed by atoms with E-state index in [-0.39, 0.29) is 17.7 Å². The lowest BCUT2D eigenvalue weighted by molar-refractivity contribution is -0.138. The molecule has 0 saturated heterocycles. The minimum Gasteiger partial charge on any atom is -0.497 e. The van der Waals surface area contributed by atoms with E-state index in [1.54, 1.807) is 30.7 Å². The number of methoxy groups -OCH3 is 1. The van der Waals surface area contributed by atoms with E-state index < -0.39 is 17.6 Å². The Morgan fingerprint density at radius 2 is 1.85 bits per heavy atom. The zero-order valence-electron chi connectivity index (χ0n) is 17.8. The topological polar surface area (TPSA) is 70.1 Å². The number of hydrogen-bond acceptors (Lipinski definition) is 4. The summed E-state index contributed by atoms with van der Waals surface area (Å²) in [5.74, 6) is 0.0664. The van der Waals surface area contributed by atoms with Crippen LogP contribution in [0.1, 0.15) is 27.2 Å². The van der Waals surface area contributed by atoms with Gasteiger partial charge in [-0.1, -0.05) is 18.2 Å². The third-order valence-corrected chi connectivity index (χ3v) is 6.28. The highest BCUT2D eigenvalue weighted by Crippen LogP contribution is 2.35. The predicted octanol–water partition coefficient (Wildman–Crippen LogP) is 5.76. The molecule has 9 heteroatoms. The molecule has 0 atom stereocenters. The number of primary amides is 1. The number of aromatic nitrogens is 2. The second-order valence-electron chi connectivity index (χ2n) is 7.40. The highest BCUT2D eigenvalue weighted by molar-refractivity contribution is 7.13. The number of hydrogen-bond donors (Lipinski definition) is 1. The first kappa shape index (κ1) is 22.6. The third kappa shape index (κ3) is 4.49. The van der Waals surface area contributed by atoms with Gasteiger partial charge in [-0.05, 0) is 48.9 Å². The summed E-state index contributed by atoms with van der Waals surface area (Å²) < 4.78 is 47.5. The van der Waals surface area contributed by atoms with Gasteiger partial charge in [0.15, 0.2) is 0 Å². The number of ether oxygens (including phenoxy) is 1. The normalized spacial score (nSPS) is 11.5. The molecule has 0 fully saturated rings. The zero-order valence-corrected chi connectivity index (χ0v) is 18.6. The largest absolute Gasteiger partial charge is 0.497 e. The van der Waals surface area contributed by atoms with E-state index in [0.717, 1.165) is 22.4 Å². The Balaban J connectivity index is 1.78. The first-order valence-electron chi connectivity index (χ1n) is 9.94. The molecule has 2 aromatic carbocycles. The van der Waals surface area contributed by atoms with E-state index in [2.05, 4.69) is 4.98 Å². The molecular formula is C24H20F3N3O2S. The third-order valence-electron chi connectivity index (χ3n) is 5.39. The van der Waals surface area contributed by atoms with Crippen molar-refractivity contribution in [1.82, 2.24) is 9.55 Å². The number of thiazole rings is 1. The van der Waals surface area contributed by atoms with Crippen LogP contribution in [-0.4, -0.2) is 22.6 Å². The van der Waals surface area contributed by atoms with Crippen LogP contribution in [0.2, 0.25) is 0 Å². The van der Waals surface area contributed by atoms with E-state index in [9.17, 15) is 18.0 Å². The average molecular weight is 472 g/mol. The lowest BCUT2D eigenvalue weighted by atomic mass is 10.1. The summed E-state index contributed by atoms with van der Waals surface area (Å²) in [4.78, 5) is 16.7. The van der Waals surface area contributed by atoms with Crippen molar-refractivity contribution in [2.75, 3.05) is 7.11 Å². The molecule has 0 spiro atoms. The molecule has 33 heavy (non-hydrogen) atoms. The Bertz CT molecular complexity index is 1310. The standard InChI is InChI=1S/C24H20F3N3O2S/c1-14-18(22(28)31)11-21(30(14)12-16-5-3-4-6-19(16)24(25,26)27)20-13-33-23(29-20)15-7-9-17(32-2)10-8-15/h3-11,13H,12H2,1-2H3,(H2,28,31). The number of benzene rings is 2. The molecule has 0 aliphatic carbocycles. The van der Waals surface area contributed by atoms with Crippen LogP contribution in [-0.2, 0) is 12.7 Å². The fourth-order valence-electron chi connectivity index (χ4n) is 3.67. The highest BCUT2D eigenvalue weighted by atomic mass is 32.1. The van der Waals surface area contributed by atoms with Gasteiger partial charge in [0.05, 0.1) is 29.6 Å². The lowest BCUT2D eigenvalue weighted by Gasteiger charge is -2.16. The molecule has 0 aliphatic rings. The van der Waals surface area contributed by atoms with E-state index in [1.807, 2.05) is 29.6 Å². The fourth-order valence-corrected chi connectivity index (χ4v) is 4.49. The van der Waals surface area contributed by atoms with Crippen molar-refractivity contribution in [2.45, 2.75) is 19.6 Å². The van der Waals surface area contributed by atoms with Crippen LogP contribution in [0.5, 0.6) is 5.75 Å². The van der Waals surface area contributed by atoms with Gasteiger partial charge in [0.25, 0.3) is 5.91 Å². The second-order valence-corrected chi connectivity index (χ2v) is 8.26. The van der Waals surface area contributed by atoms with Crippen LogP contribution in [0, 0.1) is 6.92 Å². The molecular weight excluding hydrogens is 451 g/mol. The van der Waals surface area contributed by atoms with Gasteiger partial charge in [-0.25, -0.2) is 4.98 Å². The quantitative estimate of drug-likeness (QED) is 0.389. The van der Waals surface area contributed by atoms with Gasteiger partial charge in [-0.3, -0.25) is 4.79 Å². The molecule has 4 aromatic rings. The van der Waals surface area contributed by atoms with Crippen LogP contribution in [0.25, 0.3) is 22.0 Å². The fraction of sp³-hybridized carbons (Fsp3) is 0.167. The first-order chi connectivity index (χ1) is 15.7. The van der Waals surface area contributed by atoms with Crippen molar-refractivity contribution >= 4 is 17.2 Å². The lowest BCUT2D eigenvalue weighted by Crippen LogP contribution is -2.15. The number of amides is 1. The molecule has 2 N–H and O–H groups in total. The van der Waals surface area contributed by atoms with Crippen LogP contribution < -0.4 is 10.5 Å². The Kier molecular flexibility index (Phi) is 5.99. The SMILES string of the molecule is COc1ccc(-c2nc(-c3cc(C(N)=O)c(C)n3Cc3ccccc3C(F)(F)F)cs2)cc1. The number of carbonyl (C=O) groups excluding carboxylic acids is 1. The van der Waals surface area contributed by atoms with Gasteiger partial charge in [0.1, 0.15) is 10.8 Å². The maximum absolute atomic E-state index is 13.6. The van der Waals surface area contributed by atoms with Gasteiger partial charge < -0.3 is 15.0 Å². The highest BCUT2D eigenvalue weighted by Gasteiger charge is 2.33. The predicted molar refractivity (Wildman–Crippen MR) is 121 cm³/mol. The van der Waals surface area contributed by atoms with Crippen molar-refractivity contribution < 1.29 is 22.7 Å². The number of carbonyl (C=O) groups is 1. The maximum atomic E-state index is 13.6. The van der Waals surface area contributed by atoms with Crippen LogP contribution in [0.3, 0.4) is 0 Å². The zero-order chi connectivity index (χ0) is 23.8. The molecule has 2 heterocycles. The van der Waals surface area contributed by atoms with Gasteiger partial charge in [-0.2, -0.15) is 13.2 Å². The van der Waals surface area contributed by atoms with Crippen LogP contribution >= 0.6 is 11.3 Å². The van der Waals surface area contributed by atoms with Crippen LogP contribution in [0.15, 0.2) is 60.0 Å². The molecule has 0 bridgehead atoms. The molecule has 0 saturated carbocycles. The molecule has 4 rings (SSSR count).